The minimum absolute atomic E-state index is 0.0398. The predicted molar refractivity (Wildman–Crippen MR) is 106 cm³/mol. The number of aromatic nitrogens is 3. The number of nitrogens with zero attached hydrogens (tertiary/aromatic N) is 4. The van der Waals surface area contributed by atoms with E-state index in [1.165, 1.54) is 30.2 Å². The van der Waals surface area contributed by atoms with E-state index in [4.69, 9.17) is 0 Å². The Morgan fingerprint density at radius 3 is 2.58 bits per heavy atom. The summed E-state index contributed by atoms with van der Waals surface area (Å²) >= 11 is 1.46. The number of nitrogens with one attached hydrogen (secondary N) is 1. The van der Waals surface area contributed by atoms with Crippen LogP contribution in [0.25, 0.3) is 5.69 Å². The molecule has 0 saturated carbocycles. The van der Waals surface area contributed by atoms with Crippen LogP contribution in [0.4, 0.5) is 5.95 Å². The van der Waals surface area contributed by atoms with E-state index >= 15 is 0 Å². The van der Waals surface area contributed by atoms with E-state index in [0.717, 1.165) is 36.3 Å². The lowest BCUT2D eigenvalue weighted by Gasteiger charge is -2.19. The summed E-state index contributed by atoms with van der Waals surface area (Å²) in [6.45, 7) is 8.75. The van der Waals surface area contributed by atoms with E-state index in [9.17, 15) is 4.79 Å². The molecule has 1 aliphatic heterocycles. The molecule has 1 aromatic carbocycles. The SMILES string of the molecule is CCCNC(=O)[C@H](C)Sc1nnc(N2CCCC2)n1-c1ccc(C)cc1. The number of benzene rings is 1. The molecule has 1 aromatic heterocycles. The standard InChI is InChI=1S/C19H27N5OS/c1-4-11-20-17(25)15(3)26-19-22-21-18(23-12-5-6-13-23)24(19)16-9-7-14(2)8-10-16/h7-10,15H,4-6,11-13H2,1-3H3,(H,20,25)/t15-/m0/s1. The van der Waals surface area contributed by atoms with Gasteiger partial charge in [-0.05, 0) is 45.2 Å². The molecule has 1 fully saturated rings. The van der Waals surface area contributed by atoms with Gasteiger partial charge in [-0.2, -0.15) is 0 Å². The highest BCUT2D eigenvalue weighted by Gasteiger charge is 2.25. The molecule has 1 N–H and O–H groups in total. The van der Waals surface area contributed by atoms with Gasteiger partial charge in [0.1, 0.15) is 0 Å². The third-order valence-electron chi connectivity index (χ3n) is 4.50. The van der Waals surface area contributed by atoms with Crippen LogP contribution in [0.3, 0.4) is 0 Å². The zero-order chi connectivity index (χ0) is 18.5. The summed E-state index contributed by atoms with van der Waals surface area (Å²) in [6, 6.07) is 8.36. The van der Waals surface area contributed by atoms with E-state index in [2.05, 4.69) is 63.1 Å². The lowest BCUT2D eigenvalue weighted by molar-refractivity contribution is -0.120. The van der Waals surface area contributed by atoms with Gasteiger partial charge in [0.05, 0.1) is 10.9 Å². The molecule has 0 radical (unpaired) electrons. The van der Waals surface area contributed by atoms with E-state index in [1.54, 1.807) is 0 Å². The number of carbonyl (C=O) groups excluding carboxylic acids is 1. The van der Waals surface area contributed by atoms with Crippen molar-refractivity contribution in [2.75, 3.05) is 24.5 Å². The first-order valence-corrected chi connectivity index (χ1v) is 10.2. The number of thioether (sulfide) groups is 1. The highest BCUT2D eigenvalue weighted by molar-refractivity contribution is 8.00. The summed E-state index contributed by atoms with van der Waals surface area (Å²) in [5.74, 6) is 0.910. The quantitative estimate of drug-likeness (QED) is 0.755. The van der Waals surface area contributed by atoms with Gasteiger partial charge < -0.3 is 10.2 Å². The second-order valence-electron chi connectivity index (χ2n) is 6.70. The zero-order valence-corrected chi connectivity index (χ0v) is 16.6. The van der Waals surface area contributed by atoms with E-state index in [0.29, 0.717) is 6.54 Å². The van der Waals surface area contributed by atoms with Gasteiger partial charge in [0.25, 0.3) is 0 Å². The number of carbonyl (C=O) groups is 1. The molecule has 1 atom stereocenters. The van der Waals surface area contributed by atoms with Gasteiger partial charge in [0.2, 0.25) is 11.9 Å². The van der Waals surface area contributed by atoms with Crippen LogP contribution in [0.2, 0.25) is 0 Å². The number of hydrogen-bond acceptors (Lipinski definition) is 5. The molecule has 26 heavy (non-hydrogen) atoms. The lowest BCUT2D eigenvalue weighted by atomic mass is 10.2. The zero-order valence-electron chi connectivity index (χ0n) is 15.7. The lowest BCUT2D eigenvalue weighted by Crippen LogP contribution is -2.31. The molecule has 2 heterocycles. The minimum atomic E-state index is -0.221. The maximum atomic E-state index is 12.3. The summed E-state index contributed by atoms with van der Waals surface area (Å²) in [5.41, 5.74) is 2.25. The smallest absolute Gasteiger partial charge is 0.233 e. The summed E-state index contributed by atoms with van der Waals surface area (Å²) in [5, 5.41) is 12.4. The average Bonchev–Trinajstić information content (AvgIpc) is 3.30. The Morgan fingerprint density at radius 1 is 1.23 bits per heavy atom. The molecular weight excluding hydrogens is 346 g/mol. The second-order valence-corrected chi connectivity index (χ2v) is 8.01. The highest BCUT2D eigenvalue weighted by atomic mass is 32.2. The number of aryl methyl sites for hydroxylation is 1. The molecule has 0 unspecified atom stereocenters. The Labute approximate surface area is 159 Å². The van der Waals surface area contributed by atoms with Crippen molar-refractivity contribution < 1.29 is 4.79 Å². The van der Waals surface area contributed by atoms with Crippen LogP contribution in [0.5, 0.6) is 0 Å². The van der Waals surface area contributed by atoms with Crippen molar-refractivity contribution in [3.8, 4) is 5.69 Å². The molecule has 0 aliphatic carbocycles. The van der Waals surface area contributed by atoms with Gasteiger partial charge in [-0.1, -0.05) is 36.4 Å². The minimum Gasteiger partial charge on any atom is -0.355 e. The van der Waals surface area contributed by atoms with E-state index < -0.39 is 0 Å². The van der Waals surface area contributed by atoms with Gasteiger partial charge in [-0.25, -0.2) is 0 Å². The first-order chi connectivity index (χ1) is 12.6. The van der Waals surface area contributed by atoms with Crippen LogP contribution in [0.1, 0.15) is 38.7 Å². The Balaban J connectivity index is 1.89. The fourth-order valence-corrected chi connectivity index (χ4v) is 3.87. The maximum Gasteiger partial charge on any atom is 0.233 e. The Bertz CT molecular complexity index is 737. The molecule has 0 bridgehead atoms. The summed E-state index contributed by atoms with van der Waals surface area (Å²) < 4.78 is 2.08. The van der Waals surface area contributed by atoms with Crippen LogP contribution in [0, 0.1) is 6.92 Å². The average molecular weight is 374 g/mol. The van der Waals surface area contributed by atoms with Crippen LogP contribution >= 0.6 is 11.8 Å². The van der Waals surface area contributed by atoms with Gasteiger partial charge >= 0.3 is 0 Å². The highest BCUT2D eigenvalue weighted by Crippen LogP contribution is 2.30. The van der Waals surface area contributed by atoms with Crippen molar-refractivity contribution in [1.82, 2.24) is 20.1 Å². The third kappa shape index (κ3) is 4.20. The third-order valence-corrected chi connectivity index (χ3v) is 5.54. The maximum absolute atomic E-state index is 12.3. The van der Waals surface area contributed by atoms with Crippen molar-refractivity contribution in [2.45, 2.75) is 50.4 Å². The van der Waals surface area contributed by atoms with Crippen molar-refractivity contribution in [3.05, 3.63) is 29.8 Å². The molecular formula is C19H27N5OS. The summed E-state index contributed by atoms with van der Waals surface area (Å²) in [6.07, 6.45) is 3.29. The Morgan fingerprint density at radius 2 is 1.92 bits per heavy atom. The van der Waals surface area contributed by atoms with Gasteiger partial charge in [-0.15, -0.1) is 10.2 Å². The fraction of sp³-hybridized carbons (Fsp3) is 0.526. The van der Waals surface area contributed by atoms with E-state index in [1.807, 2.05) is 6.92 Å². The monoisotopic (exact) mass is 373 g/mol. The number of hydrogen-bond donors (Lipinski definition) is 1. The molecule has 2 aromatic rings. The van der Waals surface area contributed by atoms with Crippen LogP contribution in [0.15, 0.2) is 29.4 Å². The van der Waals surface area contributed by atoms with Gasteiger partial charge in [0, 0.05) is 19.6 Å². The van der Waals surface area contributed by atoms with Gasteiger partial charge in [-0.3, -0.25) is 9.36 Å². The molecule has 1 aliphatic rings. The molecule has 3 rings (SSSR count). The summed E-state index contributed by atoms with van der Waals surface area (Å²) in [4.78, 5) is 14.5. The molecule has 0 spiro atoms. The van der Waals surface area contributed by atoms with Crippen LogP contribution in [-0.2, 0) is 4.79 Å². The number of rotatable bonds is 7. The van der Waals surface area contributed by atoms with Crippen molar-refractivity contribution >= 4 is 23.6 Å². The largest absolute Gasteiger partial charge is 0.355 e. The van der Waals surface area contributed by atoms with Crippen molar-refractivity contribution in [1.29, 1.82) is 0 Å². The Kier molecular flexibility index (Phi) is 6.19. The molecule has 1 amide bonds. The Hall–Kier alpha value is -2.02. The van der Waals surface area contributed by atoms with Gasteiger partial charge in [0.15, 0.2) is 5.16 Å². The molecule has 6 nitrogen and oxygen atoms in total. The van der Waals surface area contributed by atoms with E-state index in [-0.39, 0.29) is 11.2 Å². The first kappa shape index (κ1) is 18.8. The molecule has 7 heteroatoms. The van der Waals surface area contributed by atoms with Crippen molar-refractivity contribution in [3.63, 3.8) is 0 Å². The number of amides is 1. The topological polar surface area (TPSA) is 63.1 Å². The first-order valence-electron chi connectivity index (χ1n) is 9.32. The number of anilines is 1. The predicted octanol–water partition coefficient (Wildman–Crippen LogP) is 3.18. The fourth-order valence-electron chi connectivity index (χ4n) is 2.98. The molecule has 1 saturated heterocycles. The summed E-state index contributed by atoms with van der Waals surface area (Å²) in [7, 11) is 0. The van der Waals surface area contributed by atoms with Crippen LogP contribution < -0.4 is 10.2 Å². The molecule has 140 valence electrons. The normalized spacial score (nSPS) is 15.3. The van der Waals surface area contributed by atoms with Crippen LogP contribution in [-0.4, -0.2) is 45.6 Å². The van der Waals surface area contributed by atoms with Crippen molar-refractivity contribution in [2.24, 2.45) is 0 Å². The second kappa shape index (κ2) is 8.58.